The molecule has 1 atom stereocenters. The number of rotatable bonds is 6. The number of carbonyl (C=O) groups excluding carboxylic acids is 1. The highest BCUT2D eigenvalue weighted by Gasteiger charge is 2.18. The summed E-state index contributed by atoms with van der Waals surface area (Å²) >= 11 is 0. The number of nitrogens with one attached hydrogen (secondary N) is 1. The Hall–Kier alpha value is -2.66. The third-order valence-corrected chi connectivity index (χ3v) is 3.96. The van der Waals surface area contributed by atoms with Gasteiger partial charge in [-0.25, -0.2) is 4.74 Å². The van der Waals surface area contributed by atoms with Crippen molar-refractivity contribution in [3.63, 3.8) is 0 Å². The zero-order chi connectivity index (χ0) is 19.2. The number of amides is 1. The molecular weight excluding hydrogens is 328 g/mol. The zero-order valence-electron chi connectivity index (χ0n) is 15.5. The molecule has 2 aromatic rings. The Bertz CT molecular complexity index is 764. The molecule has 0 aliphatic rings. The molecule has 2 rings (SSSR count). The van der Waals surface area contributed by atoms with Crippen molar-refractivity contribution in [3.8, 4) is 0 Å². The van der Waals surface area contributed by atoms with Crippen LogP contribution in [0.25, 0.3) is 0 Å². The van der Waals surface area contributed by atoms with Crippen molar-refractivity contribution in [2.75, 3.05) is 6.61 Å². The predicted octanol–water partition coefficient (Wildman–Crippen LogP) is 2.75. The van der Waals surface area contributed by atoms with Gasteiger partial charge in [0.15, 0.2) is 11.8 Å². The van der Waals surface area contributed by atoms with Crippen LogP contribution in [-0.4, -0.2) is 40.2 Å². The number of hydrogen-bond acceptors (Lipinski definition) is 3. The molecule has 2 N–H and O–H groups in total. The van der Waals surface area contributed by atoms with E-state index >= 15 is 0 Å². The molecule has 1 unspecified atom stereocenters. The van der Waals surface area contributed by atoms with Gasteiger partial charge in [-0.1, -0.05) is 36.4 Å². The van der Waals surface area contributed by atoms with Crippen molar-refractivity contribution in [3.05, 3.63) is 76.5 Å². The quantitative estimate of drug-likeness (QED) is 0.362. The lowest BCUT2D eigenvalue weighted by Gasteiger charge is -2.19. The lowest BCUT2D eigenvalue weighted by atomic mass is 10.1. The van der Waals surface area contributed by atoms with Crippen LogP contribution in [0.3, 0.4) is 0 Å². The molecule has 0 heterocycles. The van der Waals surface area contributed by atoms with Gasteiger partial charge in [0, 0.05) is 31.9 Å². The van der Waals surface area contributed by atoms with E-state index in [1.54, 1.807) is 24.3 Å². The van der Waals surface area contributed by atoms with Crippen LogP contribution in [0.5, 0.6) is 0 Å². The van der Waals surface area contributed by atoms with Gasteiger partial charge in [0.1, 0.15) is 0 Å². The van der Waals surface area contributed by atoms with E-state index in [4.69, 9.17) is 0 Å². The Balaban J connectivity index is 2.10. The van der Waals surface area contributed by atoms with Gasteiger partial charge in [0.05, 0.1) is 12.6 Å². The van der Waals surface area contributed by atoms with Crippen molar-refractivity contribution < 1.29 is 14.6 Å². The van der Waals surface area contributed by atoms with Gasteiger partial charge in [0.25, 0.3) is 5.91 Å². The number of benzene rings is 2. The Morgan fingerprint density at radius 3 is 2.50 bits per heavy atom. The molecule has 0 radical (unpaired) electrons. The Labute approximate surface area is 154 Å². The molecule has 138 valence electrons. The highest BCUT2D eigenvalue weighted by Crippen LogP contribution is 2.09. The van der Waals surface area contributed by atoms with E-state index in [1.807, 2.05) is 51.1 Å². The molecule has 0 fully saturated rings. The van der Waals surface area contributed by atoms with Crippen LogP contribution in [0.4, 0.5) is 0 Å². The van der Waals surface area contributed by atoms with Gasteiger partial charge >= 0.3 is 0 Å². The lowest BCUT2D eigenvalue weighted by molar-refractivity contribution is -0.530. The summed E-state index contributed by atoms with van der Waals surface area (Å²) in [6.07, 6.45) is 2.03. The van der Waals surface area contributed by atoms with E-state index in [0.29, 0.717) is 17.5 Å². The largest absolute Gasteiger partial charge is 0.623 e. The minimum absolute atomic E-state index is 0.148. The SMILES string of the molecule is CC(C)(C)/[N+]([O-])=C/c1cccc(C(=O)NC(CO)Cc2ccccc2)c1. The molecule has 0 spiro atoms. The number of aliphatic hydroxyl groups is 1. The van der Waals surface area contributed by atoms with Gasteiger partial charge < -0.3 is 15.6 Å². The molecule has 0 saturated heterocycles. The van der Waals surface area contributed by atoms with E-state index in [9.17, 15) is 15.1 Å². The second-order valence-corrected chi connectivity index (χ2v) is 7.29. The maximum absolute atomic E-state index is 12.5. The third kappa shape index (κ3) is 5.70. The number of nitrogens with zero attached hydrogens (tertiary/aromatic N) is 1. The molecule has 0 aliphatic heterocycles. The maximum Gasteiger partial charge on any atom is 0.251 e. The van der Waals surface area contributed by atoms with Crippen molar-refractivity contribution in [2.24, 2.45) is 0 Å². The van der Waals surface area contributed by atoms with Crippen LogP contribution in [0.1, 0.15) is 42.3 Å². The summed E-state index contributed by atoms with van der Waals surface area (Å²) in [6, 6.07) is 16.2. The summed E-state index contributed by atoms with van der Waals surface area (Å²) in [4.78, 5) is 12.5. The average Bonchev–Trinajstić information content (AvgIpc) is 2.61. The molecule has 26 heavy (non-hydrogen) atoms. The molecule has 2 aromatic carbocycles. The van der Waals surface area contributed by atoms with Crippen LogP contribution in [-0.2, 0) is 6.42 Å². The third-order valence-electron chi connectivity index (χ3n) is 3.96. The second kappa shape index (κ2) is 8.63. The Kier molecular flexibility index (Phi) is 6.52. The molecular formula is C21H26N2O3. The fraction of sp³-hybridized carbons (Fsp3) is 0.333. The van der Waals surface area contributed by atoms with Gasteiger partial charge in [-0.2, -0.15) is 0 Å². The molecule has 0 saturated carbocycles. The van der Waals surface area contributed by atoms with E-state index in [1.165, 1.54) is 6.21 Å². The first-order valence-electron chi connectivity index (χ1n) is 8.66. The summed E-state index contributed by atoms with van der Waals surface area (Å²) < 4.78 is 0.871. The van der Waals surface area contributed by atoms with E-state index in [0.717, 1.165) is 10.3 Å². The standard InChI is InChI=1S/C21H26N2O3/c1-21(2,3)23(26)14-17-10-7-11-18(12-17)20(25)22-19(15-24)13-16-8-5-4-6-9-16/h4-12,14,19,24H,13,15H2,1-3H3,(H,22,25)/b23-14-. The highest BCUT2D eigenvalue weighted by atomic mass is 16.5. The average molecular weight is 354 g/mol. The van der Waals surface area contributed by atoms with Crippen molar-refractivity contribution >= 4 is 12.1 Å². The smallest absolute Gasteiger partial charge is 0.251 e. The summed E-state index contributed by atoms with van der Waals surface area (Å²) in [6.45, 7) is 5.32. The first-order chi connectivity index (χ1) is 12.3. The molecule has 0 aliphatic carbocycles. The number of hydrogen-bond donors (Lipinski definition) is 2. The van der Waals surface area contributed by atoms with Crippen molar-refractivity contribution in [1.82, 2.24) is 5.32 Å². The first kappa shape index (κ1) is 19.7. The minimum atomic E-state index is -0.546. The fourth-order valence-corrected chi connectivity index (χ4v) is 2.42. The zero-order valence-corrected chi connectivity index (χ0v) is 15.5. The van der Waals surface area contributed by atoms with Crippen LogP contribution in [0.2, 0.25) is 0 Å². The van der Waals surface area contributed by atoms with Crippen LogP contribution in [0, 0.1) is 5.21 Å². The summed E-state index contributed by atoms with van der Waals surface area (Å²) in [5.74, 6) is -0.275. The summed E-state index contributed by atoms with van der Waals surface area (Å²) in [5.41, 5.74) is 1.61. The number of hydroxylamine groups is 1. The van der Waals surface area contributed by atoms with Crippen LogP contribution in [0.15, 0.2) is 54.6 Å². The Morgan fingerprint density at radius 1 is 1.19 bits per heavy atom. The molecule has 5 nitrogen and oxygen atoms in total. The predicted molar refractivity (Wildman–Crippen MR) is 103 cm³/mol. The lowest BCUT2D eigenvalue weighted by Crippen LogP contribution is -2.39. The minimum Gasteiger partial charge on any atom is -0.623 e. The number of aliphatic hydroxyl groups excluding tert-OH is 1. The van der Waals surface area contributed by atoms with Crippen molar-refractivity contribution in [2.45, 2.75) is 38.8 Å². The van der Waals surface area contributed by atoms with Gasteiger partial charge in [-0.05, 0) is 30.2 Å². The van der Waals surface area contributed by atoms with Gasteiger partial charge in [-0.3, -0.25) is 4.79 Å². The monoisotopic (exact) mass is 354 g/mol. The Morgan fingerprint density at radius 2 is 1.88 bits per heavy atom. The van der Waals surface area contributed by atoms with Crippen LogP contribution < -0.4 is 5.32 Å². The van der Waals surface area contributed by atoms with Crippen molar-refractivity contribution in [1.29, 1.82) is 0 Å². The first-order valence-corrected chi connectivity index (χ1v) is 8.66. The normalized spacial score (nSPS) is 13.3. The van der Waals surface area contributed by atoms with E-state index in [-0.39, 0.29) is 18.6 Å². The molecule has 5 heteroatoms. The van der Waals surface area contributed by atoms with Gasteiger partial charge in [0.2, 0.25) is 0 Å². The second-order valence-electron chi connectivity index (χ2n) is 7.29. The van der Waals surface area contributed by atoms with E-state index in [2.05, 4.69) is 5.32 Å². The van der Waals surface area contributed by atoms with E-state index < -0.39 is 5.54 Å². The van der Waals surface area contributed by atoms with Gasteiger partial charge in [-0.15, -0.1) is 0 Å². The molecule has 0 aromatic heterocycles. The highest BCUT2D eigenvalue weighted by molar-refractivity contribution is 5.96. The number of carbonyl (C=O) groups is 1. The molecule has 0 bridgehead atoms. The summed E-state index contributed by atoms with van der Waals surface area (Å²) in [5, 5.41) is 24.5. The topological polar surface area (TPSA) is 75.4 Å². The maximum atomic E-state index is 12.5. The summed E-state index contributed by atoms with van der Waals surface area (Å²) in [7, 11) is 0. The molecule has 1 amide bonds. The van der Waals surface area contributed by atoms with Crippen LogP contribution >= 0.6 is 0 Å². The fourth-order valence-electron chi connectivity index (χ4n) is 2.42.